The molecular weight excluding hydrogens is 154 g/mol. The first-order valence-electron chi connectivity index (χ1n) is 3.54. The van der Waals surface area contributed by atoms with E-state index >= 15 is 0 Å². The highest BCUT2D eigenvalue weighted by Crippen LogP contribution is 2.09. The zero-order valence-corrected chi connectivity index (χ0v) is 6.87. The summed E-state index contributed by atoms with van der Waals surface area (Å²) in [7, 11) is 1.59. The van der Waals surface area contributed by atoms with Crippen LogP contribution in [0.15, 0.2) is 18.3 Å². The van der Waals surface area contributed by atoms with Gasteiger partial charge in [0, 0.05) is 18.7 Å². The Kier molecular flexibility index (Phi) is 2.63. The Balaban J connectivity index is 2.79. The van der Waals surface area contributed by atoms with Gasteiger partial charge in [-0.1, -0.05) is 0 Å². The van der Waals surface area contributed by atoms with E-state index in [1.807, 2.05) is 0 Å². The maximum absolute atomic E-state index is 7.06. The summed E-state index contributed by atoms with van der Waals surface area (Å²) in [6, 6.07) is 3.52. The monoisotopic (exact) mass is 165 g/mol. The van der Waals surface area contributed by atoms with E-state index in [1.165, 1.54) is 0 Å². The molecule has 0 fully saturated rings. The molecule has 0 saturated heterocycles. The average molecular weight is 165 g/mol. The quantitative estimate of drug-likeness (QED) is 0.508. The number of ether oxygens (including phenoxy) is 1. The van der Waals surface area contributed by atoms with Crippen molar-refractivity contribution in [2.45, 2.75) is 6.42 Å². The summed E-state index contributed by atoms with van der Waals surface area (Å²) in [5.41, 5.74) is 5.97. The van der Waals surface area contributed by atoms with E-state index in [4.69, 9.17) is 15.9 Å². The Hall–Kier alpha value is -1.58. The van der Waals surface area contributed by atoms with Crippen molar-refractivity contribution in [3.8, 4) is 5.75 Å². The van der Waals surface area contributed by atoms with Gasteiger partial charge in [0.05, 0.1) is 18.6 Å². The Labute approximate surface area is 70.9 Å². The van der Waals surface area contributed by atoms with Crippen molar-refractivity contribution in [3.63, 3.8) is 0 Å². The number of methoxy groups -OCH3 is 1. The predicted octanol–water partition coefficient (Wildman–Crippen LogP) is 0.569. The van der Waals surface area contributed by atoms with Crippen LogP contribution in [-0.4, -0.2) is 17.9 Å². The zero-order chi connectivity index (χ0) is 8.97. The first-order chi connectivity index (χ1) is 5.72. The first-order valence-corrected chi connectivity index (χ1v) is 3.54. The van der Waals surface area contributed by atoms with E-state index in [0.29, 0.717) is 6.42 Å². The largest absolute Gasteiger partial charge is 0.497 e. The van der Waals surface area contributed by atoms with Crippen LogP contribution in [0.2, 0.25) is 0 Å². The molecule has 0 aliphatic rings. The Morgan fingerprint density at radius 3 is 3.08 bits per heavy atom. The van der Waals surface area contributed by atoms with Crippen LogP contribution in [0.1, 0.15) is 5.69 Å². The standard InChI is InChI=1S/C8H11N3O/c1-12-7-2-3-11-6(4-7)5-8(9)10/h2-4H,5H2,1H3,(H3,9,10). The lowest BCUT2D eigenvalue weighted by Crippen LogP contribution is -2.13. The Morgan fingerprint density at radius 2 is 2.50 bits per heavy atom. The molecule has 0 atom stereocenters. The molecule has 3 N–H and O–H groups in total. The molecule has 12 heavy (non-hydrogen) atoms. The summed E-state index contributed by atoms with van der Waals surface area (Å²) in [6.07, 6.45) is 2.01. The van der Waals surface area contributed by atoms with Crippen molar-refractivity contribution in [1.82, 2.24) is 4.98 Å². The van der Waals surface area contributed by atoms with E-state index in [-0.39, 0.29) is 5.84 Å². The molecule has 0 aliphatic carbocycles. The lowest BCUT2D eigenvalue weighted by Gasteiger charge is -2.01. The molecule has 1 heterocycles. The summed E-state index contributed by atoms with van der Waals surface area (Å²) in [4.78, 5) is 4.03. The molecule has 4 heteroatoms. The number of aromatic nitrogens is 1. The van der Waals surface area contributed by atoms with Crippen molar-refractivity contribution >= 4 is 5.84 Å². The van der Waals surface area contributed by atoms with Crippen LogP contribution in [0, 0.1) is 5.41 Å². The zero-order valence-electron chi connectivity index (χ0n) is 6.87. The molecule has 0 bridgehead atoms. The maximum atomic E-state index is 7.06. The Morgan fingerprint density at radius 1 is 1.75 bits per heavy atom. The maximum Gasteiger partial charge on any atom is 0.122 e. The van der Waals surface area contributed by atoms with Crippen molar-refractivity contribution in [2.75, 3.05) is 7.11 Å². The van der Waals surface area contributed by atoms with Crippen LogP contribution >= 0.6 is 0 Å². The van der Waals surface area contributed by atoms with Crippen molar-refractivity contribution < 1.29 is 4.74 Å². The Bertz CT molecular complexity index is 285. The lowest BCUT2D eigenvalue weighted by molar-refractivity contribution is 0.413. The number of hydrogen-bond donors (Lipinski definition) is 2. The summed E-state index contributed by atoms with van der Waals surface area (Å²) in [5, 5.41) is 7.06. The van der Waals surface area contributed by atoms with E-state index in [9.17, 15) is 0 Å². The van der Waals surface area contributed by atoms with Crippen LogP contribution in [0.4, 0.5) is 0 Å². The van der Waals surface area contributed by atoms with Gasteiger partial charge < -0.3 is 10.5 Å². The second kappa shape index (κ2) is 3.71. The summed E-state index contributed by atoms with van der Waals surface area (Å²) < 4.78 is 4.99. The molecule has 1 rings (SSSR count). The average Bonchev–Trinajstić information content (AvgIpc) is 2.03. The van der Waals surface area contributed by atoms with Gasteiger partial charge in [0.1, 0.15) is 5.75 Å². The summed E-state index contributed by atoms with van der Waals surface area (Å²) >= 11 is 0. The van der Waals surface area contributed by atoms with Crippen LogP contribution in [0.3, 0.4) is 0 Å². The fourth-order valence-electron chi connectivity index (χ4n) is 0.875. The first kappa shape index (κ1) is 8.52. The number of nitrogens with zero attached hydrogens (tertiary/aromatic N) is 1. The molecule has 0 saturated carbocycles. The van der Waals surface area contributed by atoms with Crippen LogP contribution in [0.5, 0.6) is 5.75 Å². The number of nitrogens with two attached hydrogens (primary N) is 1. The molecule has 1 aromatic heterocycles. The van der Waals surface area contributed by atoms with E-state index < -0.39 is 0 Å². The highest BCUT2D eigenvalue weighted by atomic mass is 16.5. The molecule has 0 unspecified atom stereocenters. The number of rotatable bonds is 3. The molecule has 0 amide bonds. The highest BCUT2D eigenvalue weighted by molar-refractivity contribution is 5.79. The van der Waals surface area contributed by atoms with Crippen LogP contribution in [0.25, 0.3) is 0 Å². The third-order valence-electron chi connectivity index (χ3n) is 1.40. The number of hydrogen-bond acceptors (Lipinski definition) is 3. The van der Waals surface area contributed by atoms with Gasteiger partial charge in [-0.15, -0.1) is 0 Å². The van der Waals surface area contributed by atoms with E-state index in [2.05, 4.69) is 4.98 Å². The van der Waals surface area contributed by atoms with Gasteiger partial charge in [0.25, 0.3) is 0 Å². The highest BCUT2D eigenvalue weighted by Gasteiger charge is 1.98. The normalized spacial score (nSPS) is 9.42. The van der Waals surface area contributed by atoms with Crippen LogP contribution in [-0.2, 0) is 6.42 Å². The van der Waals surface area contributed by atoms with Gasteiger partial charge >= 0.3 is 0 Å². The molecule has 4 nitrogen and oxygen atoms in total. The summed E-state index contributed by atoms with van der Waals surface area (Å²) in [6.45, 7) is 0. The minimum atomic E-state index is 0.107. The van der Waals surface area contributed by atoms with Gasteiger partial charge in [0.15, 0.2) is 0 Å². The molecule has 64 valence electrons. The second-order valence-corrected chi connectivity index (χ2v) is 2.39. The molecule has 0 aliphatic heterocycles. The fraction of sp³-hybridized carbons (Fsp3) is 0.250. The fourth-order valence-corrected chi connectivity index (χ4v) is 0.875. The van der Waals surface area contributed by atoms with Gasteiger partial charge in [-0.3, -0.25) is 10.4 Å². The number of pyridine rings is 1. The number of amidine groups is 1. The molecule has 1 aromatic rings. The molecular formula is C8H11N3O. The van der Waals surface area contributed by atoms with E-state index in [0.717, 1.165) is 11.4 Å². The third kappa shape index (κ3) is 2.23. The molecule has 0 aromatic carbocycles. The summed E-state index contributed by atoms with van der Waals surface area (Å²) in [5.74, 6) is 0.844. The topological polar surface area (TPSA) is 72.0 Å². The minimum Gasteiger partial charge on any atom is -0.497 e. The smallest absolute Gasteiger partial charge is 0.122 e. The van der Waals surface area contributed by atoms with Gasteiger partial charge in [-0.2, -0.15) is 0 Å². The van der Waals surface area contributed by atoms with E-state index in [1.54, 1.807) is 25.4 Å². The van der Waals surface area contributed by atoms with Crippen LogP contribution < -0.4 is 10.5 Å². The predicted molar refractivity (Wildman–Crippen MR) is 46.4 cm³/mol. The lowest BCUT2D eigenvalue weighted by atomic mass is 10.2. The van der Waals surface area contributed by atoms with Gasteiger partial charge in [-0.05, 0) is 6.07 Å². The third-order valence-corrected chi connectivity index (χ3v) is 1.40. The molecule has 0 radical (unpaired) electrons. The SMILES string of the molecule is COc1ccnc(CC(=N)N)c1. The van der Waals surface area contributed by atoms with Gasteiger partial charge in [-0.25, -0.2) is 0 Å². The molecule has 0 spiro atoms. The minimum absolute atomic E-state index is 0.107. The number of nitrogens with one attached hydrogen (secondary N) is 1. The van der Waals surface area contributed by atoms with Crippen molar-refractivity contribution in [3.05, 3.63) is 24.0 Å². The second-order valence-electron chi connectivity index (χ2n) is 2.39. The van der Waals surface area contributed by atoms with Crippen molar-refractivity contribution in [1.29, 1.82) is 5.41 Å². The van der Waals surface area contributed by atoms with Gasteiger partial charge in [0.2, 0.25) is 0 Å². The van der Waals surface area contributed by atoms with Crippen molar-refractivity contribution in [2.24, 2.45) is 5.73 Å².